The van der Waals surface area contributed by atoms with Crippen molar-refractivity contribution in [3.05, 3.63) is 45.8 Å². The van der Waals surface area contributed by atoms with Crippen molar-refractivity contribution in [2.75, 3.05) is 7.11 Å². The normalized spacial score (nSPS) is 11.1. The van der Waals surface area contributed by atoms with Crippen molar-refractivity contribution >= 4 is 33.3 Å². The average molecular weight is 277 g/mol. The van der Waals surface area contributed by atoms with E-state index in [4.69, 9.17) is 20.8 Å². The van der Waals surface area contributed by atoms with Gasteiger partial charge in [0.05, 0.1) is 12.5 Å². The Morgan fingerprint density at radius 2 is 2.00 bits per heavy atom. The fourth-order valence-electron chi connectivity index (χ4n) is 2.14. The van der Waals surface area contributed by atoms with E-state index >= 15 is 0 Å². The van der Waals surface area contributed by atoms with Crippen LogP contribution in [-0.2, 0) is 0 Å². The maximum absolute atomic E-state index is 12.0. The van der Waals surface area contributed by atoms with Crippen molar-refractivity contribution < 1.29 is 14.3 Å². The zero-order valence-corrected chi connectivity index (χ0v) is 10.7. The molecule has 0 atom stereocenters. The van der Waals surface area contributed by atoms with Crippen LogP contribution >= 0.6 is 11.6 Å². The molecule has 0 aliphatic rings. The van der Waals surface area contributed by atoms with Gasteiger partial charge in [-0.1, -0.05) is 17.7 Å². The number of hydrogen-bond acceptors (Lipinski definition) is 4. The molecule has 1 aromatic heterocycles. The van der Waals surface area contributed by atoms with Gasteiger partial charge in [-0.15, -0.1) is 0 Å². The van der Waals surface area contributed by atoms with Crippen molar-refractivity contribution in [1.29, 1.82) is 0 Å². The highest BCUT2D eigenvalue weighted by molar-refractivity contribution is 6.37. The fourth-order valence-corrected chi connectivity index (χ4v) is 2.34. The van der Waals surface area contributed by atoms with Gasteiger partial charge in [0, 0.05) is 10.8 Å². The summed E-state index contributed by atoms with van der Waals surface area (Å²) in [7, 11) is 1.53. The molecule has 0 saturated carbocycles. The summed E-state index contributed by atoms with van der Waals surface area (Å²) in [5.74, 6) is 0.420. The van der Waals surface area contributed by atoms with Crippen LogP contribution in [0.25, 0.3) is 21.7 Å². The quantitative estimate of drug-likeness (QED) is 0.547. The lowest BCUT2D eigenvalue weighted by atomic mass is 10.1. The summed E-state index contributed by atoms with van der Waals surface area (Å²) in [6.45, 7) is 0. The minimum absolute atomic E-state index is 0.0161. The first-order valence-corrected chi connectivity index (χ1v) is 5.92. The first-order valence-electron chi connectivity index (χ1n) is 5.54. The second-order valence-electron chi connectivity index (χ2n) is 4.05. The Kier molecular flexibility index (Phi) is 2.61. The molecule has 0 fully saturated rings. The maximum atomic E-state index is 12.0. The van der Waals surface area contributed by atoms with Crippen molar-refractivity contribution in [3.63, 3.8) is 0 Å². The van der Waals surface area contributed by atoms with Gasteiger partial charge in [-0.25, -0.2) is 4.79 Å². The molecule has 3 rings (SSSR count). The van der Waals surface area contributed by atoms with Gasteiger partial charge in [-0.05, 0) is 24.3 Å². The molecule has 0 spiro atoms. The first-order chi connectivity index (χ1) is 9.13. The summed E-state index contributed by atoms with van der Waals surface area (Å²) < 4.78 is 10.5. The van der Waals surface area contributed by atoms with Gasteiger partial charge in [0.2, 0.25) is 0 Å². The van der Waals surface area contributed by atoms with Gasteiger partial charge in [-0.3, -0.25) is 0 Å². The van der Waals surface area contributed by atoms with Crippen molar-refractivity contribution in [1.82, 2.24) is 0 Å². The zero-order valence-electron chi connectivity index (χ0n) is 9.94. The molecule has 0 aliphatic heterocycles. The third-order valence-electron chi connectivity index (χ3n) is 3.01. The standard InChI is InChI=1S/C14H9ClO4/c1-18-10-4-2-3-8-11(10)7-5-6-9(16)12(15)13(7)19-14(8)17/h2-6,16H,1H3. The number of aromatic hydroxyl groups is 1. The average Bonchev–Trinajstić information content (AvgIpc) is 2.43. The van der Waals surface area contributed by atoms with E-state index in [1.54, 1.807) is 24.3 Å². The first kappa shape index (κ1) is 11.9. The predicted molar refractivity (Wildman–Crippen MR) is 73.2 cm³/mol. The molecular formula is C14H9ClO4. The third-order valence-corrected chi connectivity index (χ3v) is 3.37. The van der Waals surface area contributed by atoms with Crippen molar-refractivity contribution in [2.45, 2.75) is 0 Å². The summed E-state index contributed by atoms with van der Waals surface area (Å²) in [5.41, 5.74) is -0.363. The summed E-state index contributed by atoms with van der Waals surface area (Å²) in [5, 5.41) is 11.3. The number of hydrogen-bond donors (Lipinski definition) is 1. The van der Waals surface area contributed by atoms with E-state index in [1.807, 2.05) is 0 Å². The molecule has 96 valence electrons. The number of phenols is 1. The van der Waals surface area contributed by atoms with Crippen molar-refractivity contribution in [3.8, 4) is 11.5 Å². The van der Waals surface area contributed by atoms with Gasteiger partial charge in [0.1, 0.15) is 16.5 Å². The van der Waals surface area contributed by atoms with Gasteiger partial charge in [0.25, 0.3) is 0 Å². The molecule has 2 aromatic carbocycles. The summed E-state index contributed by atoms with van der Waals surface area (Å²) in [6, 6.07) is 8.22. The molecule has 0 saturated heterocycles. The molecule has 1 N–H and O–H groups in total. The molecule has 0 amide bonds. The molecule has 5 heteroatoms. The Balaban J connectivity index is 2.66. The van der Waals surface area contributed by atoms with Crippen LogP contribution in [0, 0.1) is 0 Å². The number of methoxy groups -OCH3 is 1. The molecule has 4 nitrogen and oxygen atoms in total. The Bertz CT molecular complexity index is 851. The lowest BCUT2D eigenvalue weighted by Crippen LogP contribution is -2.01. The Labute approximate surface area is 112 Å². The number of halogens is 1. The van der Waals surface area contributed by atoms with E-state index in [-0.39, 0.29) is 16.4 Å². The van der Waals surface area contributed by atoms with Crippen LogP contribution in [-0.4, -0.2) is 12.2 Å². The van der Waals surface area contributed by atoms with E-state index in [1.165, 1.54) is 13.2 Å². The highest BCUT2D eigenvalue weighted by Gasteiger charge is 2.15. The molecule has 0 unspecified atom stereocenters. The van der Waals surface area contributed by atoms with Gasteiger partial charge in [0.15, 0.2) is 5.58 Å². The molecule has 19 heavy (non-hydrogen) atoms. The summed E-state index contributed by atoms with van der Waals surface area (Å²) >= 11 is 5.97. The van der Waals surface area contributed by atoms with Gasteiger partial charge in [-0.2, -0.15) is 0 Å². The predicted octanol–water partition coefficient (Wildman–Crippen LogP) is 3.31. The van der Waals surface area contributed by atoms with Gasteiger partial charge < -0.3 is 14.3 Å². The SMILES string of the molecule is COc1cccc2c(=O)oc3c(Cl)c(O)ccc3c12. The fraction of sp³-hybridized carbons (Fsp3) is 0.0714. The smallest absolute Gasteiger partial charge is 0.344 e. The number of fused-ring (bicyclic) bond motifs is 3. The molecule has 0 radical (unpaired) electrons. The number of ether oxygens (including phenoxy) is 1. The number of rotatable bonds is 1. The Hall–Kier alpha value is -2.20. The van der Waals surface area contributed by atoms with E-state index in [0.29, 0.717) is 21.9 Å². The molecule has 0 aliphatic carbocycles. The van der Waals surface area contributed by atoms with Crippen LogP contribution in [0.2, 0.25) is 5.02 Å². The van der Waals surface area contributed by atoms with E-state index < -0.39 is 5.63 Å². The molecular weight excluding hydrogens is 268 g/mol. The lowest BCUT2D eigenvalue weighted by molar-refractivity contribution is 0.419. The van der Waals surface area contributed by atoms with E-state index in [9.17, 15) is 9.90 Å². The third kappa shape index (κ3) is 1.64. The minimum Gasteiger partial charge on any atom is -0.506 e. The lowest BCUT2D eigenvalue weighted by Gasteiger charge is -2.08. The van der Waals surface area contributed by atoms with Gasteiger partial charge >= 0.3 is 5.63 Å². The van der Waals surface area contributed by atoms with E-state index in [2.05, 4.69) is 0 Å². The Morgan fingerprint density at radius 3 is 2.74 bits per heavy atom. The van der Waals surface area contributed by atoms with E-state index in [0.717, 1.165) is 0 Å². The van der Waals surface area contributed by atoms with Crippen LogP contribution < -0.4 is 10.4 Å². The van der Waals surface area contributed by atoms with Crippen LogP contribution in [0.5, 0.6) is 11.5 Å². The number of phenolic OH excluding ortho intramolecular Hbond substituents is 1. The zero-order chi connectivity index (χ0) is 13.6. The van der Waals surface area contributed by atoms with Crippen molar-refractivity contribution in [2.24, 2.45) is 0 Å². The molecule has 1 heterocycles. The number of benzene rings is 2. The summed E-state index contributed by atoms with van der Waals surface area (Å²) in [4.78, 5) is 12.0. The minimum atomic E-state index is -0.520. The maximum Gasteiger partial charge on any atom is 0.344 e. The summed E-state index contributed by atoms with van der Waals surface area (Å²) in [6.07, 6.45) is 0. The van der Waals surface area contributed by atoms with Crippen LogP contribution in [0.3, 0.4) is 0 Å². The molecule has 0 bridgehead atoms. The second kappa shape index (κ2) is 4.17. The van der Waals surface area contributed by atoms with Crippen LogP contribution in [0.4, 0.5) is 0 Å². The highest BCUT2D eigenvalue weighted by Crippen LogP contribution is 2.37. The largest absolute Gasteiger partial charge is 0.506 e. The topological polar surface area (TPSA) is 59.7 Å². The Morgan fingerprint density at radius 1 is 1.21 bits per heavy atom. The van der Waals surface area contributed by atoms with Crippen LogP contribution in [0.1, 0.15) is 0 Å². The molecule has 3 aromatic rings. The second-order valence-corrected chi connectivity index (χ2v) is 4.43. The van der Waals surface area contributed by atoms with Crippen LogP contribution in [0.15, 0.2) is 39.5 Å². The monoisotopic (exact) mass is 276 g/mol. The highest BCUT2D eigenvalue weighted by atomic mass is 35.5.